The summed E-state index contributed by atoms with van der Waals surface area (Å²) in [6.07, 6.45) is 0. The molecular formula is C30H6F6N12. The van der Waals surface area contributed by atoms with E-state index in [2.05, 4.69) is 49.8 Å². The standard InChI is InChI=1S/C30H6F6N12/c1-39-24(29-42-20-7-12(33)4-17(36)23(20)45-29)30-47-27(13(8-37)25-40-18-5-10(31)2-15(34)21(18)43-25)46-28(48-30)14(9-38)26-41-19-6-11(32)3-16(35)22(19)44-26/h2-7H/b25-13-,26-14-,29-24+. The van der Waals surface area contributed by atoms with E-state index in [1.165, 1.54) is 0 Å². The van der Waals surface area contributed by atoms with Gasteiger partial charge in [-0.1, -0.05) is 0 Å². The lowest BCUT2D eigenvalue weighted by Gasteiger charge is -2.07. The normalized spacial score (nSPS) is 16.6. The fourth-order valence-electron chi connectivity index (χ4n) is 4.61. The molecule has 0 bridgehead atoms. The summed E-state index contributed by atoms with van der Waals surface area (Å²) >= 11 is 0. The monoisotopic (exact) mass is 648 g/mol. The number of allylic oxidation sites excluding steroid dienone is 2. The zero-order valence-corrected chi connectivity index (χ0v) is 23.1. The first-order valence-electron chi connectivity index (χ1n) is 13.0. The first-order valence-corrected chi connectivity index (χ1v) is 13.0. The van der Waals surface area contributed by atoms with E-state index in [0.717, 1.165) is 18.2 Å². The zero-order chi connectivity index (χ0) is 33.9. The minimum absolute atomic E-state index is 0.260. The van der Waals surface area contributed by atoms with Gasteiger partial charge < -0.3 is 0 Å². The molecule has 0 spiro atoms. The van der Waals surface area contributed by atoms with E-state index in [4.69, 9.17) is 6.57 Å². The van der Waals surface area contributed by atoms with Gasteiger partial charge in [0.05, 0.1) is 22.6 Å². The van der Waals surface area contributed by atoms with Crippen molar-refractivity contribution in [3.05, 3.63) is 150 Å². The molecule has 7 rings (SSSR count). The molecule has 0 unspecified atom stereocenters. The van der Waals surface area contributed by atoms with E-state index in [0.29, 0.717) is 18.2 Å². The first kappa shape index (κ1) is 29.5. The number of benzene rings is 3. The highest BCUT2D eigenvalue weighted by atomic mass is 19.2. The summed E-state index contributed by atoms with van der Waals surface area (Å²) in [5, 5.41) is 18.2. The molecule has 3 aliphatic heterocycles. The lowest BCUT2D eigenvalue weighted by molar-refractivity contribution is 0.570. The van der Waals surface area contributed by atoms with Crippen LogP contribution < -0.4 is 32.1 Å². The van der Waals surface area contributed by atoms with Crippen molar-refractivity contribution in [1.82, 2.24) is 15.0 Å². The summed E-state index contributed by atoms with van der Waals surface area (Å²) in [6.45, 7) is 7.80. The lowest BCUT2D eigenvalue weighted by atomic mass is 10.2. The molecular weight excluding hydrogens is 642 g/mol. The highest BCUT2D eigenvalue weighted by Crippen LogP contribution is 2.26. The number of aromatic nitrogens is 3. The van der Waals surface area contributed by atoms with Gasteiger partial charge in [-0.2, -0.15) is 10.5 Å². The number of halogens is 6. The topological polar surface area (TPSA) is 165 Å². The van der Waals surface area contributed by atoms with Gasteiger partial charge >= 0.3 is 0 Å². The third kappa shape index (κ3) is 4.84. The van der Waals surface area contributed by atoms with Gasteiger partial charge in [-0.25, -0.2) is 76.1 Å². The van der Waals surface area contributed by atoms with Crippen molar-refractivity contribution in [1.29, 1.82) is 10.5 Å². The van der Waals surface area contributed by atoms with Gasteiger partial charge in [-0.05, 0) is 0 Å². The lowest BCUT2D eigenvalue weighted by Crippen LogP contribution is -2.25. The Bertz CT molecular complexity index is 2520. The van der Waals surface area contributed by atoms with Crippen molar-refractivity contribution in [2.24, 2.45) is 30.0 Å². The maximum absolute atomic E-state index is 14.4. The third-order valence-electron chi connectivity index (χ3n) is 6.65. The molecule has 3 aromatic carbocycles. The Morgan fingerprint density at radius 2 is 0.875 bits per heavy atom. The van der Waals surface area contributed by atoms with E-state index in [9.17, 15) is 36.9 Å². The van der Waals surface area contributed by atoms with Crippen molar-refractivity contribution in [2.75, 3.05) is 0 Å². The molecule has 3 aliphatic rings. The van der Waals surface area contributed by atoms with Gasteiger partial charge in [0.2, 0.25) is 0 Å². The van der Waals surface area contributed by atoms with Gasteiger partial charge in [0.15, 0.2) is 52.4 Å². The molecule has 12 nitrogen and oxygen atoms in total. The highest BCUT2D eigenvalue weighted by Gasteiger charge is 2.26. The molecule has 4 aromatic rings. The van der Waals surface area contributed by atoms with E-state index in [1.54, 1.807) is 12.1 Å². The number of nitriles is 2. The van der Waals surface area contributed by atoms with Crippen LogP contribution in [0.2, 0.25) is 0 Å². The van der Waals surface area contributed by atoms with Crippen molar-refractivity contribution in [2.45, 2.75) is 0 Å². The van der Waals surface area contributed by atoms with Crippen LogP contribution in [0, 0.1) is 64.1 Å². The molecule has 4 heterocycles. The van der Waals surface area contributed by atoms with Crippen LogP contribution >= 0.6 is 0 Å². The molecule has 0 amide bonds. The van der Waals surface area contributed by atoms with E-state index < -0.39 is 103 Å². The Balaban J connectivity index is 1.52. The van der Waals surface area contributed by atoms with Gasteiger partial charge in [0, 0.05) is 36.4 Å². The molecule has 0 N–H and O–H groups in total. The Morgan fingerprint density at radius 1 is 0.521 bits per heavy atom. The Morgan fingerprint density at radius 3 is 1.25 bits per heavy atom. The first-order chi connectivity index (χ1) is 23.1. The van der Waals surface area contributed by atoms with Crippen LogP contribution in [0.1, 0.15) is 17.5 Å². The van der Waals surface area contributed by atoms with Crippen molar-refractivity contribution >= 4 is 16.8 Å². The second kappa shape index (κ2) is 11.0. The maximum Gasteiger partial charge on any atom is 0.274 e. The fourth-order valence-corrected chi connectivity index (χ4v) is 4.61. The van der Waals surface area contributed by atoms with Crippen molar-refractivity contribution < 1.29 is 26.3 Å². The summed E-state index contributed by atoms with van der Waals surface area (Å²) in [5.74, 6) is -9.45. The summed E-state index contributed by atoms with van der Waals surface area (Å²) < 4.78 is 84.9. The SMILES string of the molecule is [C-]#[N+]/C(=C1\N=c2cc(F)cc(F)c2=N1)c1nc(/C(C#N)=C2/N=c3cc(F)cc(F)c3=N2)nc(/C(C#N)=C2/N=c3cc(F)cc(F)c3=N2)n1. The molecule has 0 atom stereocenters. The molecule has 228 valence electrons. The molecule has 48 heavy (non-hydrogen) atoms. The van der Waals surface area contributed by atoms with E-state index in [-0.39, 0.29) is 16.1 Å². The van der Waals surface area contributed by atoms with Crippen LogP contribution in [0.5, 0.6) is 0 Å². The Labute approximate surface area is 260 Å². The van der Waals surface area contributed by atoms with Crippen LogP contribution in [-0.2, 0) is 0 Å². The average molecular weight is 648 g/mol. The summed E-state index contributed by atoms with van der Waals surface area (Å²) in [4.78, 5) is 39.5. The minimum atomic E-state index is -1.09. The second-order valence-electron chi connectivity index (χ2n) is 9.65. The summed E-state index contributed by atoms with van der Waals surface area (Å²) in [6, 6.07) is 7.73. The van der Waals surface area contributed by atoms with Crippen LogP contribution in [0.15, 0.2) is 83.8 Å². The van der Waals surface area contributed by atoms with Gasteiger partial charge in [-0.3, -0.25) is 0 Å². The van der Waals surface area contributed by atoms with Gasteiger partial charge in [0.25, 0.3) is 5.70 Å². The van der Waals surface area contributed by atoms with Crippen LogP contribution in [-0.4, -0.2) is 15.0 Å². The molecule has 0 radical (unpaired) electrons. The number of fused-ring (bicyclic) bond motifs is 3. The smallest absolute Gasteiger partial charge is 0.238 e. The number of hydrogen-bond donors (Lipinski definition) is 0. The van der Waals surface area contributed by atoms with Crippen molar-refractivity contribution in [3.63, 3.8) is 0 Å². The van der Waals surface area contributed by atoms with Crippen LogP contribution in [0.25, 0.3) is 21.7 Å². The minimum Gasteiger partial charge on any atom is -0.238 e. The molecule has 18 heteroatoms. The molecule has 0 saturated carbocycles. The van der Waals surface area contributed by atoms with Crippen LogP contribution in [0.4, 0.5) is 26.3 Å². The number of nitrogens with zero attached hydrogens (tertiary/aromatic N) is 12. The van der Waals surface area contributed by atoms with Crippen molar-refractivity contribution in [3.8, 4) is 12.1 Å². The summed E-state index contributed by atoms with van der Waals surface area (Å²) in [5.41, 5.74) is -1.73. The van der Waals surface area contributed by atoms with Crippen LogP contribution in [0.3, 0.4) is 0 Å². The molecule has 0 fully saturated rings. The number of hydrogen-bond acceptors (Lipinski definition) is 11. The quantitative estimate of drug-likeness (QED) is 0.186. The predicted octanol–water partition coefficient (Wildman–Crippen LogP) is 1.49. The van der Waals surface area contributed by atoms with Gasteiger partial charge in [-0.15, -0.1) is 0 Å². The maximum atomic E-state index is 14.4. The largest absolute Gasteiger partial charge is 0.274 e. The number of rotatable bonds is 3. The van der Waals surface area contributed by atoms with E-state index >= 15 is 0 Å². The van der Waals surface area contributed by atoms with Gasteiger partial charge in [0.1, 0.15) is 56.8 Å². The highest BCUT2D eigenvalue weighted by molar-refractivity contribution is 5.80. The predicted molar refractivity (Wildman–Crippen MR) is 144 cm³/mol. The fraction of sp³-hybridized carbons (Fsp3) is 0. The molecule has 1 aromatic heterocycles. The third-order valence-corrected chi connectivity index (χ3v) is 6.65. The summed E-state index contributed by atoms with van der Waals surface area (Å²) in [7, 11) is 0. The molecule has 0 aliphatic carbocycles. The Kier molecular flexibility index (Phi) is 6.73. The Hall–Kier alpha value is -7.26. The zero-order valence-electron chi connectivity index (χ0n) is 23.1. The second-order valence-corrected chi connectivity index (χ2v) is 9.65. The molecule has 0 saturated heterocycles. The average Bonchev–Trinajstić information content (AvgIpc) is 3.76. The van der Waals surface area contributed by atoms with E-state index in [1.807, 2.05) is 0 Å².